The van der Waals surface area contributed by atoms with Gasteiger partial charge in [0.25, 0.3) is 5.91 Å². The first-order valence-electron chi connectivity index (χ1n) is 12.9. The second-order valence-electron chi connectivity index (χ2n) is 10.7. The maximum absolute atomic E-state index is 13.7. The molecular weight excluding hydrogens is 527 g/mol. The van der Waals surface area contributed by atoms with Crippen LogP contribution in [-0.2, 0) is 17.5 Å². The molecule has 8 nitrogen and oxygen atoms in total. The van der Waals surface area contributed by atoms with Crippen molar-refractivity contribution in [2.24, 2.45) is 5.92 Å². The van der Waals surface area contributed by atoms with Crippen molar-refractivity contribution in [3.63, 3.8) is 0 Å². The summed E-state index contributed by atoms with van der Waals surface area (Å²) in [5.41, 5.74) is -1.48. The number of benzene rings is 1. The Morgan fingerprint density at radius 2 is 1.92 bits per heavy atom. The van der Waals surface area contributed by atoms with Crippen molar-refractivity contribution in [3.8, 4) is 6.07 Å². The number of piperidine rings is 1. The number of halogens is 3. The standard InChI is InChI=1S/C27H26F3N7OS/c1-34-9-5-17(6-10-34)15-35-16-18-11-19(3-4-22(18)33-35)37-25(39)36(24(38)26(37)7-2-8-26)20-12-21(27(28,29)30)23(13-31)32-14-20/h3-4,11-12,14,16-17H,2,5-10,15H2,1H3. The number of fused-ring (bicyclic) bond motifs is 1. The van der Waals surface area contributed by atoms with E-state index in [2.05, 4.69) is 16.9 Å². The third-order valence-electron chi connectivity index (χ3n) is 8.21. The zero-order valence-corrected chi connectivity index (χ0v) is 22.1. The smallest absolute Gasteiger partial charge is 0.306 e. The van der Waals surface area contributed by atoms with E-state index in [0.29, 0.717) is 24.4 Å². The van der Waals surface area contributed by atoms with Crippen LogP contribution in [0.4, 0.5) is 24.5 Å². The number of carbonyl (C=O) groups excluding carboxylic acids is 1. The van der Waals surface area contributed by atoms with Gasteiger partial charge in [-0.2, -0.15) is 23.5 Å². The SMILES string of the molecule is CN1CCC(Cn2cc3cc(N4C(=S)N(c5cnc(C#N)c(C(F)(F)F)c5)C(=O)C45CCC5)ccc3n2)CC1. The highest BCUT2D eigenvalue weighted by atomic mass is 32.1. The Bertz CT molecular complexity index is 1520. The van der Waals surface area contributed by atoms with Gasteiger partial charge in [-0.25, -0.2) is 4.98 Å². The van der Waals surface area contributed by atoms with Gasteiger partial charge in [-0.3, -0.25) is 14.4 Å². The van der Waals surface area contributed by atoms with Crippen LogP contribution in [0.3, 0.4) is 0 Å². The van der Waals surface area contributed by atoms with Gasteiger partial charge in [-0.15, -0.1) is 0 Å². The molecule has 12 heteroatoms. The van der Waals surface area contributed by atoms with Crippen LogP contribution < -0.4 is 9.80 Å². The van der Waals surface area contributed by atoms with Gasteiger partial charge in [-0.1, -0.05) is 0 Å². The number of hydrogen-bond acceptors (Lipinski definition) is 6. The van der Waals surface area contributed by atoms with Crippen LogP contribution in [-0.4, -0.2) is 56.4 Å². The monoisotopic (exact) mass is 553 g/mol. The third kappa shape index (κ3) is 4.24. The van der Waals surface area contributed by atoms with Crippen molar-refractivity contribution in [2.75, 3.05) is 29.9 Å². The summed E-state index contributed by atoms with van der Waals surface area (Å²) in [6, 6.07) is 7.94. The van der Waals surface area contributed by atoms with Crippen LogP contribution in [0.25, 0.3) is 10.9 Å². The fraction of sp³-hybridized carbons (Fsp3) is 0.444. The van der Waals surface area contributed by atoms with E-state index in [9.17, 15) is 18.0 Å². The number of hydrogen-bond donors (Lipinski definition) is 0. The molecule has 0 bridgehead atoms. The second kappa shape index (κ2) is 9.27. The minimum atomic E-state index is -4.80. The number of alkyl halides is 3. The third-order valence-corrected chi connectivity index (χ3v) is 8.58. The first kappa shape index (κ1) is 25.7. The zero-order valence-electron chi connectivity index (χ0n) is 21.3. The molecule has 2 saturated heterocycles. The first-order valence-corrected chi connectivity index (χ1v) is 13.3. The lowest BCUT2D eigenvalue weighted by Crippen LogP contribution is -2.55. The number of rotatable bonds is 4. The molecule has 1 aliphatic carbocycles. The fourth-order valence-electron chi connectivity index (χ4n) is 5.90. The summed E-state index contributed by atoms with van der Waals surface area (Å²) in [6.07, 6.45) is 2.42. The first-order chi connectivity index (χ1) is 18.6. The van der Waals surface area contributed by atoms with Crippen molar-refractivity contribution in [1.29, 1.82) is 5.26 Å². The molecule has 3 aromatic rings. The van der Waals surface area contributed by atoms with Gasteiger partial charge in [0, 0.05) is 23.8 Å². The molecule has 3 fully saturated rings. The molecule has 0 atom stereocenters. The number of nitrogens with zero attached hydrogens (tertiary/aromatic N) is 7. The molecule has 202 valence electrons. The Hall–Kier alpha value is -3.56. The van der Waals surface area contributed by atoms with Crippen LogP contribution >= 0.6 is 12.2 Å². The molecule has 1 aromatic carbocycles. The van der Waals surface area contributed by atoms with E-state index in [0.717, 1.165) is 67.0 Å². The number of pyridine rings is 1. The summed E-state index contributed by atoms with van der Waals surface area (Å²) < 4.78 is 42.9. The molecule has 1 spiro atoms. The molecule has 0 N–H and O–H groups in total. The number of likely N-dealkylation sites (tertiary alicyclic amines) is 1. The van der Waals surface area contributed by atoms with Crippen LogP contribution in [0, 0.1) is 17.2 Å². The van der Waals surface area contributed by atoms with Gasteiger partial charge in [0.05, 0.1) is 23.0 Å². The maximum Gasteiger partial charge on any atom is 0.419 e. The van der Waals surface area contributed by atoms with E-state index < -0.39 is 23.0 Å². The Kier molecular flexibility index (Phi) is 6.11. The highest BCUT2D eigenvalue weighted by Crippen LogP contribution is 2.48. The summed E-state index contributed by atoms with van der Waals surface area (Å²) in [4.78, 5) is 22.7. The minimum absolute atomic E-state index is 0.0948. The van der Waals surface area contributed by atoms with E-state index in [1.54, 1.807) is 4.90 Å². The highest BCUT2D eigenvalue weighted by molar-refractivity contribution is 7.81. The predicted molar refractivity (Wildman–Crippen MR) is 143 cm³/mol. The van der Waals surface area contributed by atoms with Crippen LogP contribution in [0.5, 0.6) is 0 Å². The van der Waals surface area contributed by atoms with Crippen molar-refractivity contribution < 1.29 is 18.0 Å². The van der Waals surface area contributed by atoms with Gasteiger partial charge in [0.15, 0.2) is 10.8 Å². The molecule has 0 unspecified atom stereocenters. The summed E-state index contributed by atoms with van der Waals surface area (Å²) in [5.74, 6) is 0.185. The van der Waals surface area contributed by atoms with Crippen LogP contribution in [0.2, 0.25) is 0 Å². The number of amides is 1. The Morgan fingerprint density at radius 3 is 2.56 bits per heavy atom. The normalized spacial score (nSPS) is 20.2. The van der Waals surface area contributed by atoms with E-state index in [4.69, 9.17) is 22.6 Å². The lowest BCUT2D eigenvalue weighted by molar-refractivity contribution is -0.138. The predicted octanol–water partition coefficient (Wildman–Crippen LogP) is 4.72. The average Bonchev–Trinajstić information content (AvgIpc) is 3.38. The molecule has 2 aromatic heterocycles. The Balaban J connectivity index is 1.33. The average molecular weight is 554 g/mol. The number of carbonyl (C=O) groups is 1. The molecule has 39 heavy (non-hydrogen) atoms. The molecule has 1 amide bonds. The molecule has 2 aliphatic heterocycles. The number of anilines is 2. The van der Waals surface area contributed by atoms with E-state index in [1.807, 2.05) is 29.1 Å². The highest BCUT2D eigenvalue weighted by Gasteiger charge is 2.59. The molecule has 4 heterocycles. The zero-order chi connectivity index (χ0) is 27.5. The molecule has 3 aliphatic rings. The minimum Gasteiger partial charge on any atom is -0.306 e. The second-order valence-corrected chi connectivity index (χ2v) is 11.0. The van der Waals surface area contributed by atoms with E-state index in [1.165, 1.54) is 6.07 Å². The Morgan fingerprint density at radius 1 is 1.18 bits per heavy atom. The van der Waals surface area contributed by atoms with Crippen molar-refractivity contribution in [2.45, 2.75) is 50.4 Å². The fourth-order valence-corrected chi connectivity index (χ4v) is 6.36. The summed E-state index contributed by atoms with van der Waals surface area (Å²) >= 11 is 5.73. The van der Waals surface area contributed by atoms with Gasteiger partial charge >= 0.3 is 6.18 Å². The van der Waals surface area contributed by atoms with Crippen LogP contribution in [0.15, 0.2) is 36.7 Å². The molecule has 0 radical (unpaired) electrons. The Labute approximate surface area is 228 Å². The van der Waals surface area contributed by atoms with Crippen LogP contribution in [0.1, 0.15) is 43.4 Å². The quantitative estimate of drug-likeness (QED) is 0.433. The van der Waals surface area contributed by atoms with Gasteiger partial charge in [-0.05, 0) is 94.6 Å². The summed E-state index contributed by atoms with van der Waals surface area (Å²) in [6.45, 7) is 2.99. The lowest BCUT2D eigenvalue weighted by atomic mass is 9.75. The maximum atomic E-state index is 13.7. The summed E-state index contributed by atoms with van der Waals surface area (Å²) in [7, 11) is 2.14. The van der Waals surface area contributed by atoms with E-state index >= 15 is 0 Å². The molecule has 6 rings (SSSR count). The van der Waals surface area contributed by atoms with Gasteiger partial charge < -0.3 is 9.80 Å². The largest absolute Gasteiger partial charge is 0.419 e. The van der Waals surface area contributed by atoms with Crippen molar-refractivity contribution in [1.82, 2.24) is 19.7 Å². The molecule has 1 saturated carbocycles. The van der Waals surface area contributed by atoms with Crippen molar-refractivity contribution in [3.05, 3.63) is 47.9 Å². The topological polar surface area (TPSA) is 81.3 Å². The van der Waals surface area contributed by atoms with E-state index in [-0.39, 0.29) is 16.7 Å². The van der Waals surface area contributed by atoms with Gasteiger partial charge in [0.1, 0.15) is 11.6 Å². The van der Waals surface area contributed by atoms with Gasteiger partial charge in [0.2, 0.25) is 0 Å². The number of thiocarbonyl (C=S) groups is 1. The lowest BCUT2D eigenvalue weighted by Gasteiger charge is -2.43. The number of nitriles is 1. The van der Waals surface area contributed by atoms with Crippen molar-refractivity contribution >= 4 is 45.5 Å². The summed E-state index contributed by atoms with van der Waals surface area (Å²) in [5, 5.41) is 14.9. The molecular formula is C27H26F3N7OS. The number of aromatic nitrogens is 3.